The molecule has 1 aliphatic carbocycles. The van der Waals surface area contributed by atoms with Crippen molar-refractivity contribution in [3.63, 3.8) is 0 Å². The second-order valence-corrected chi connectivity index (χ2v) is 4.75. The molecule has 0 amide bonds. The van der Waals surface area contributed by atoms with Crippen LogP contribution in [0, 0.1) is 0 Å². The molecule has 0 aliphatic heterocycles. The van der Waals surface area contributed by atoms with E-state index in [2.05, 4.69) is 37.2 Å². The number of hydrogen-bond acceptors (Lipinski definition) is 7. The highest BCUT2D eigenvalue weighted by Gasteiger charge is 2.28. The minimum atomic E-state index is 0.145. The van der Waals surface area contributed by atoms with E-state index in [0.717, 1.165) is 12.8 Å². The lowest BCUT2D eigenvalue weighted by Gasteiger charge is -2.05. The number of nitrogens with zero attached hydrogens (tertiary/aromatic N) is 4. The monoisotopic (exact) mass is 269 g/mol. The van der Waals surface area contributed by atoms with Gasteiger partial charge in [0.15, 0.2) is 5.82 Å². The summed E-state index contributed by atoms with van der Waals surface area (Å²) in [6.45, 7) is 0. The number of aryl methyl sites for hydroxylation is 1. The molecule has 2 N–H and O–H groups in total. The van der Waals surface area contributed by atoms with Crippen LogP contribution in [0.2, 0.25) is 0 Å². The Morgan fingerprint density at radius 3 is 2.90 bits per heavy atom. The summed E-state index contributed by atoms with van der Waals surface area (Å²) in [4.78, 5) is 4.37. The van der Waals surface area contributed by atoms with Crippen molar-refractivity contribution < 1.29 is 9.15 Å². The normalized spacial score (nSPS) is 17.3. The first-order valence-electron chi connectivity index (χ1n) is 6.33. The van der Waals surface area contributed by atoms with Crippen molar-refractivity contribution in [1.82, 2.24) is 20.5 Å². The predicted molar refractivity (Wildman–Crippen MR) is 68.6 cm³/mol. The van der Waals surface area contributed by atoms with E-state index in [1.165, 1.54) is 11.1 Å². The number of benzene rings is 1. The molecule has 4 rings (SSSR count). The Labute approximate surface area is 113 Å². The topological polar surface area (TPSA) is 104 Å². The molecule has 0 fully saturated rings. The van der Waals surface area contributed by atoms with Gasteiger partial charge in [-0.15, -0.1) is 0 Å². The van der Waals surface area contributed by atoms with Gasteiger partial charge in [0.2, 0.25) is 11.5 Å². The van der Waals surface area contributed by atoms with Crippen LogP contribution in [-0.4, -0.2) is 20.5 Å². The molecule has 100 valence electrons. The number of hydrogen-bond donors (Lipinski definition) is 1. The van der Waals surface area contributed by atoms with E-state index in [4.69, 9.17) is 10.3 Å². The summed E-state index contributed by atoms with van der Waals surface area (Å²) < 4.78 is 9.75. The third kappa shape index (κ3) is 1.59. The SMILES string of the molecule is Nc1nonc1-c1nc(C2CCc3ccccc32)no1. The van der Waals surface area contributed by atoms with Gasteiger partial charge in [0, 0.05) is 5.92 Å². The van der Waals surface area contributed by atoms with Gasteiger partial charge in [-0.05, 0) is 34.3 Å². The molecular formula is C13H11N5O2. The van der Waals surface area contributed by atoms with Crippen LogP contribution in [0.15, 0.2) is 33.4 Å². The molecule has 2 heterocycles. The number of nitrogen functional groups attached to an aromatic ring is 1. The van der Waals surface area contributed by atoms with Gasteiger partial charge in [-0.1, -0.05) is 29.4 Å². The van der Waals surface area contributed by atoms with Crippen LogP contribution in [0.5, 0.6) is 0 Å². The molecule has 1 unspecified atom stereocenters. The summed E-state index contributed by atoms with van der Waals surface area (Å²) in [6, 6.07) is 8.31. The lowest BCUT2D eigenvalue weighted by Crippen LogP contribution is -1.98. The fraction of sp³-hybridized carbons (Fsp3) is 0.231. The van der Waals surface area contributed by atoms with Gasteiger partial charge in [0.25, 0.3) is 5.89 Å². The zero-order valence-electron chi connectivity index (χ0n) is 10.5. The Morgan fingerprint density at radius 1 is 1.15 bits per heavy atom. The van der Waals surface area contributed by atoms with E-state index in [9.17, 15) is 0 Å². The second kappa shape index (κ2) is 4.16. The van der Waals surface area contributed by atoms with Gasteiger partial charge >= 0.3 is 0 Å². The zero-order valence-corrected chi connectivity index (χ0v) is 10.5. The van der Waals surface area contributed by atoms with Gasteiger partial charge in [-0.25, -0.2) is 4.63 Å². The van der Waals surface area contributed by atoms with Gasteiger partial charge in [0.05, 0.1) is 0 Å². The van der Waals surface area contributed by atoms with E-state index < -0.39 is 0 Å². The van der Waals surface area contributed by atoms with E-state index in [1.807, 2.05) is 12.1 Å². The average Bonchev–Trinajstić information content (AvgIpc) is 3.15. The van der Waals surface area contributed by atoms with Crippen molar-refractivity contribution in [2.45, 2.75) is 18.8 Å². The number of rotatable bonds is 2. The van der Waals surface area contributed by atoms with Crippen LogP contribution in [0.25, 0.3) is 11.6 Å². The Balaban J connectivity index is 1.72. The van der Waals surface area contributed by atoms with E-state index in [0.29, 0.717) is 5.82 Å². The van der Waals surface area contributed by atoms with Crippen molar-refractivity contribution in [1.29, 1.82) is 0 Å². The van der Waals surface area contributed by atoms with Crippen molar-refractivity contribution in [2.75, 3.05) is 5.73 Å². The maximum absolute atomic E-state index is 5.62. The van der Waals surface area contributed by atoms with Crippen LogP contribution >= 0.6 is 0 Å². The molecule has 1 aromatic carbocycles. The lowest BCUT2D eigenvalue weighted by molar-refractivity contribution is 0.308. The van der Waals surface area contributed by atoms with Crippen molar-refractivity contribution >= 4 is 5.82 Å². The zero-order chi connectivity index (χ0) is 13.5. The molecule has 0 saturated carbocycles. The molecule has 0 spiro atoms. The van der Waals surface area contributed by atoms with E-state index >= 15 is 0 Å². The highest BCUT2D eigenvalue weighted by atomic mass is 16.6. The highest BCUT2D eigenvalue weighted by molar-refractivity contribution is 5.60. The third-order valence-electron chi connectivity index (χ3n) is 3.60. The summed E-state index contributed by atoms with van der Waals surface area (Å²) in [6.07, 6.45) is 2.00. The van der Waals surface area contributed by atoms with Gasteiger partial charge < -0.3 is 10.3 Å². The molecule has 1 aliphatic rings. The molecule has 20 heavy (non-hydrogen) atoms. The van der Waals surface area contributed by atoms with Crippen LogP contribution in [-0.2, 0) is 6.42 Å². The smallest absolute Gasteiger partial charge is 0.284 e. The Morgan fingerprint density at radius 2 is 2.05 bits per heavy atom. The third-order valence-corrected chi connectivity index (χ3v) is 3.60. The van der Waals surface area contributed by atoms with Gasteiger partial charge in [-0.3, -0.25) is 0 Å². The molecule has 2 aromatic heterocycles. The van der Waals surface area contributed by atoms with E-state index in [1.54, 1.807) is 0 Å². The fourth-order valence-corrected chi connectivity index (χ4v) is 2.64. The van der Waals surface area contributed by atoms with Crippen molar-refractivity contribution in [2.24, 2.45) is 0 Å². The van der Waals surface area contributed by atoms with Gasteiger partial charge in [0.1, 0.15) is 0 Å². The Bertz CT molecular complexity index is 763. The van der Waals surface area contributed by atoms with Gasteiger partial charge in [-0.2, -0.15) is 4.98 Å². The standard InChI is InChI=1S/C13H11N5O2/c14-11-10(16-20-17-11)13-15-12(18-19-13)9-6-5-7-3-1-2-4-8(7)9/h1-4,9H,5-6H2,(H2,14,17). The summed E-state index contributed by atoms with van der Waals surface area (Å²) in [7, 11) is 0. The quantitative estimate of drug-likeness (QED) is 0.756. The minimum Gasteiger partial charge on any atom is -0.379 e. The van der Waals surface area contributed by atoms with Crippen molar-refractivity contribution in [3.05, 3.63) is 41.2 Å². The highest BCUT2D eigenvalue weighted by Crippen LogP contribution is 2.37. The maximum atomic E-state index is 5.62. The summed E-state index contributed by atoms with van der Waals surface area (Å²) in [5, 5.41) is 11.2. The molecule has 0 bridgehead atoms. The summed E-state index contributed by atoms with van der Waals surface area (Å²) in [5.41, 5.74) is 8.50. The molecule has 7 nitrogen and oxygen atoms in total. The summed E-state index contributed by atoms with van der Waals surface area (Å²) >= 11 is 0. The molecule has 0 saturated heterocycles. The molecular weight excluding hydrogens is 258 g/mol. The number of nitrogens with two attached hydrogens (primary N) is 1. The number of fused-ring (bicyclic) bond motifs is 1. The van der Waals surface area contributed by atoms with Crippen LogP contribution in [0.4, 0.5) is 5.82 Å². The second-order valence-electron chi connectivity index (χ2n) is 4.75. The lowest BCUT2D eigenvalue weighted by atomic mass is 10.0. The molecule has 1 atom stereocenters. The average molecular weight is 269 g/mol. The van der Waals surface area contributed by atoms with E-state index in [-0.39, 0.29) is 23.3 Å². The minimum absolute atomic E-state index is 0.145. The van der Waals surface area contributed by atoms with Crippen LogP contribution in [0.3, 0.4) is 0 Å². The van der Waals surface area contributed by atoms with Crippen LogP contribution < -0.4 is 5.73 Å². The molecule has 7 heteroatoms. The predicted octanol–water partition coefficient (Wildman–Crippen LogP) is 1.78. The first-order chi connectivity index (χ1) is 9.83. The Kier molecular flexibility index (Phi) is 2.32. The molecule has 3 aromatic rings. The first-order valence-corrected chi connectivity index (χ1v) is 6.33. The van der Waals surface area contributed by atoms with Crippen LogP contribution in [0.1, 0.15) is 29.3 Å². The number of anilines is 1. The molecule has 0 radical (unpaired) electrons. The van der Waals surface area contributed by atoms with Crippen molar-refractivity contribution in [3.8, 4) is 11.6 Å². The largest absolute Gasteiger partial charge is 0.379 e. The Hall–Kier alpha value is -2.70. The maximum Gasteiger partial charge on any atom is 0.284 e. The number of aromatic nitrogens is 4. The summed E-state index contributed by atoms with van der Waals surface area (Å²) in [5.74, 6) is 1.19. The fourth-order valence-electron chi connectivity index (χ4n) is 2.64. The first kappa shape index (κ1) is 11.2.